The summed E-state index contributed by atoms with van der Waals surface area (Å²) < 4.78 is 2.55. The third-order valence-electron chi connectivity index (χ3n) is 4.61. The van der Waals surface area contributed by atoms with Crippen LogP contribution in [0.2, 0.25) is 5.02 Å². The Kier molecular flexibility index (Phi) is 5.18. The second kappa shape index (κ2) is 7.64. The number of nitrogens with one attached hydrogen (secondary N) is 1. The van der Waals surface area contributed by atoms with E-state index in [4.69, 9.17) is 11.6 Å². The number of hydrogen-bond donors (Lipinski definition) is 1. The summed E-state index contributed by atoms with van der Waals surface area (Å²) in [7, 11) is 0. The normalized spacial score (nSPS) is 15.3. The van der Waals surface area contributed by atoms with E-state index < -0.39 is 0 Å². The molecule has 0 saturated heterocycles. The van der Waals surface area contributed by atoms with Gasteiger partial charge in [0.1, 0.15) is 0 Å². The minimum Gasteiger partial charge on any atom is -0.295 e. The maximum atomic E-state index is 13.0. The van der Waals surface area contributed by atoms with Crippen molar-refractivity contribution < 1.29 is 4.79 Å². The van der Waals surface area contributed by atoms with Crippen LogP contribution in [0, 0.1) is 10.5 Å². The van der Waals surface area contributed by atoms with Gasteiger partial charge in [-0.1, -0.05) is 17.7 Å². The third kappa shape index (κ3) is 3.67. The standard InChI is InChI=1S/C21H16ClIN4O2/c1-12-18(20(28)26(24-12)16-8-6-15(23)7-9-16)11-19-13(2)25-27(21(19)29)17-5-3-4-14(22)10-17/h3-11,24H,1-2H3/b19-11+. The van der Waals surface area contributed by atoms with Crippen LogP contribution in [0.4, 0.5) is 5.69 Å². The Balaban J connectivity index is 1.73. The first-order valence-electron chi connectivity index (χ1n) is 8.80. The number of halogens is 2. The fourth-order valence-corrected chi connectivity index (χ4v) is 3.66. The molecule has 0 saturated carbocycles. The number of aryl methyl sites for hydroxylation is 1. The van der Waals surface area contributed by atoms with E-state index in [2.05, 4.69) is 32.8 Å². The molecule has 3 aromatic rings. The average Bonchev–Trinajstić information content (AvgIpc) is 3.13. The topological polar surface area (TPSA) is 70.5 Å². The number of benzene rings is 2. The molecule has 1 aliphatic heterocycles. The second-order valence-corrected chi connectivity index (χ2v) is 8.29. The molecular weight excluding hydrogens is 503 g/mol. The highest BCUT2D eigenvalue weighted by Gasteiger charge is 2.29. The highest BCUT2D eigenvalue weighted by molar-refractivity contribution is 14.1. The number of carbonyl (C=O) groups is 1. The van der Waals surface area contributed by atoms with Gasteiger partial charge in [0.2, 0.25) is 0 Å². The Labute approximate surface area is 185 Å². The molecule has 1 aliphatic rings. The lowest BCUT2D eigenvalue weighted by atomic mass is 10.1. The number of hydrogen-bond acceptors (Lipinski definition) is 3. The lowest BCUT2D eigenvalue weighted by Gasteiger charge is -2.11. The lowest BCUT2D eigenvalue weighted by Crippen LogP contribution is -2.22. The van der Waals surface area contributed by atoms with E-state index >= 15 is 0 Å². The predicted molar refractivity (Wildman–Crippen MR) is 124 cm³/mol. The van der Waals surface area contributed by atoms with Gasteiger partial charge < -0.3 is 0 Å². The van der Waals surface area contributed by atoms with E-state index in [0.29, 0.717) is 33.3 Å². The van der Waals surface area contributed by atoms with E-state index in [0.717, 1.165) is 9.26 Å². The smallest absolute Gasteiger partial charge is 0.280 e. The molecular formula is C21H16ClIN4O2. The molecule has 0 aliphatic carbocycles. The molecule has 0 radical (unpaired) electrons. The van der Waals surface area contributed by atoms with Crippen molar-refractivity contribution in [3.63, 3.8) is 0 Å². The van der Waals surface area contributed by atoms with Crippen molar-refractivity contribution in [2.45, 2.75) is 13.8 Å². The molecule has 0 fully saturated rings. The zero-order chi connectivity index (χ0) is 20.7. The Morgan fingerprint density at radius 2 is 1.79 bits per heavy atom. The molecule has 0 spiro atoms. The minimum atomic E-state index is -0.300. The third-order valence-corrected chi connectivity index (χ3v) is 5.56. The SMILES string of the molecule is CC1=NN(c2cccc(Cl)c2)C(=O)/C1=C/c1c(C)[nH]n(-c2ccc(I)cc2)c1=O. The van der Waals surface area contributed by atoms with Gasteiger partial charge in [-0.05, 0) is 85.0 Å². The van der Waals surface area contributed by atoms with Crippen molar-refractivity contribution in [3.05, 3.63) is 84.3 Å². The molecule has 0 bridgehead atoms. The number of hydrazone groups is 1. The van der Waals surface area contributed by atoms with Gasteiger partial charge in [0.05, 0.1) is 28.2 Å². The van der Waals surface area contributed by atoms with Gasteiger partial charge in [-0.25, -0.2) is 4.68 Å². The van der Waals surface area contributed by atoms with Crippen LogP contribution in [-0.2, 0) is 4.79 Å². The van der Waals surface area contributed by atoms with Crippen molar-refractivity contribution >= 4 is 57.6 Å². The first-order chi connectivity index (χ1) is 13.8. The van der Waals surface area contributed by atoms with Gasteiger partial charge in [-0.15, -0.1) is 0 Å². The van der Waals surface area contributed by atoms with Crippen LogP contribution in [-0.4, -0.2) is 21.4 Å². The van der Waals surface area contributed by atoms with Crippen LogP contribution < -0.4 is 10.6 Å². The van der Waals surface area contributed by atoms with E-state index in [1.807, 2.05) is 24.3 Å². The monoisotopic (exact) mass is 518 g/mol. The van der Waals surface area contributed by atoms with Crippen molar-refractivity contribution in [1.82, 2.24) is 9.78 Å². The van der Waals surface area contributed by atoms with Crippen molar-refractivity contribution in [2.24, 2.45) is 5.10 Å². The maximum absolute atomic E-state index is 13.0. The number of rotatable bonds is 3. The predicted octanol–water partition coefficient (Wildman–Crippen LogP) is 4.54. The molecule has 4 rings (SSSR count). The van der Waals surface area contributed by atoms with Crippen LogP contribution in [0.3, 0.4) is 0 Å². The van der Waals surface area contributed by atoms with Gasteiger partial charge in [-0.3, -0.25) is 14.7 Å². The van der Waals surface area contributed by atoms with Crippen LogP contribution in [0.5, 0.6) is 0 Å². The summed E-state index contributed by atoms with van der Waals surface area (Å²) >= 11 is 8.25. The maximum Gasteiger partial charge on any atom is 0.280 e. The zero-order valence-corrected chi connectivity index (χ0v) is 18.5. The second-order valence-electron chi connectivity index (χ2n) is 6.61. The fourth-order valence-electron chi connectivity index (χ4n) is 3.11. The van der Waals surface area contributed by atoms with E-state index in [9.17, 15) is 9.59 Å². The first kappa shape index (κ1) is 19.7. The zero-order valence-electron chi connectivity index (χ0n) is 15.6. The Bertz CT molecular complexity index is 1240. The molecule has 0 atom stereocenters. The van der Waals surface area contributed by atoms with Gasteiger partial charge in [0.15, 0.2) is 0 Å². The van der Waals surface area contributed by atoms with Crippen LogP contribution in [0.1, 0.15) is 18.2 Å². The molecule has 8 heteroatoms. The van der Waals surface area contributed by atoms with E-state index in [-0.39, 0.29) is 11.5 Å². The first-order valence-corrected chi connectivity index (χ1v) is 10.3. The van der Waals surface area contributed by atoms with Crippen LogP contribution in [0.15, 0.2) is 64.0 Å². The molecule has 1 amide bonds. The largest absolute Gasteiger partial charge is 0.295 e. The molecule has 146 valence electrons. The number of aromatic nitrogens is 2. The summed E-state index contributed by atoms with van der Waals surface area (Å²) in [4.78, 5) is 25.9. The van der Waals surface area contributed by atoms with Crippen molar-refractivity contribution in [2.75, 3.05) is 5.01 Å². The number of aromatic amines is 1. The van der Waals surface area contributed by atoms with Crippen molar-refractivity contribution in [1.29, 1.82) is 0 Å². The number of amides is 1. The molecule has 1 N–H and O–H groups in total. The van der Waals surface area contributed by atoms with E-state index in [1.54, 1.807) is 44.2 Å². The Morgan fingerprint density at radius 3 is 2.48 bits per heavy atom. The van der Waals surface area contributed by atoms with E-state index in [1.165, 1.54) is 9.69 Å². The summed E-state index contributed by atoms with van der Waals surface area (Å²) in [6.07, 6.45) is 1.60. The summed E-state index contributed by atoms with van der Waals surface area (Å²) in [5.41, 5.74) is 3.09. The summed E-state index contributed by atoms with van der Waals surface area (Å²) in [6, 6.07) is 14.5. The van der Waals surface area contributed by atoms with Gasteiger partial charge in [0.25, 0.3) is 11.5 Å². The highest BCUT2D eigenvalue weighted by atomic mass is 127. The van der Waals surface area contributed by atoms with Gasteiger partial charge >= 0.3 is 0 Å². The number of H-pyrrole nitrogens is 1. The van der Waals surface area contributed by atoms with Crippen molar-refractivity contribution in [3.8, 4) is 5.69 Å². The molecule has 2 aromatic carbocycles. The number of nitrogens with zero attached hydrogens (tertiary/aromatic N) is 3. The molecule has 2 heterocycles. The minimum absolute atomic E-state index is 0.224. The quantitative estimate of drug-likeness (QED) is 0.409. The van der Waals surface area contributed by atoms with Crippen LogP contribution >= 0.6 is 34.2 Å². The number of carbonyl (C=O) groups excluding carboxylic acids is 1. The lowest BCUT2D eigenvalue weighted by molar-refractivity contribution is -0.114. The fraction of sp³-hybridized carbons (Fsp3) is 0.0952. The van der Waals surface area contributed by atoms with Gasteiger partial charge in [0, 0.05) is 14.3 Å². The summed E-state index contributed by atoms with van der Waals surface area (Å²) in [6.45, 7) is 3.55. The Morgan fingerprint density at radius 1 is 1.07 bits per heavy atom. The molecule has 1 aromatic heterocycles. The highest BCUT2D eigenvalue weighted by Crippen LogP contribution is 2.27. The number of anilines is 1. The average molecular weight is 519 g/mol. The molecule has 6 nitrogen and oxygen atoms in total. The summed E-state index contributed by atoms with van der Waals surface area (Å²) in [5, 5.41) is 9.24. The van der Waals surface area contributed by atoms with Crippen LogP contribution in [0.25, 0.3) is 11.8 Å². The van der Waals surface area contributed by atoms with Gasteiger partial charge in [-0.2, -0.15) is 10.1 Å². The molecule has 0 unspecified atom stereocenters. The summed E-state index contributed by atoms with van der Waals surface area (Å²) in [5.74, 6) is -0.300. The molecule has 29 heavy (non-hydrogen) atoms. The Hall–Kier alpha value is -2.65.